The molecule has 0 aliphatic rings. The quantitative estimate of drug-likeness (QED) is 0.847. The van der Waals surface area contributed by atoms with Gasteiger partial charge in [0.05, 0.1) is 12.7 Å². The van der Waals surface area contributed by atoms with Crippen molar-refractivity contribution in [1.29, 1.82) is 0 Å². The van der Waals surface area contributed by atoms with E-state index in [1.165, 1.54) is 0 Å². The summed E-state index contributed by atoms with van der Waals surface area (Å²) < 4.78 is 5.32. The Bertz CT molecular complexity index is 356. The summed E-state index contributed by atoms with van der Waals surface area (Å²) in [6, 6.07) is 5.92. The van der Waals surface area contributed by atoms with Crippen molar-refractivity contribution in [1.82, 2.24) is 0 Å². The van der Waals surface area contributed by atoms with Crippen LogP contribution in [0.15, 0.2) is 18.2 Å². The molecule has 0 aliphatic carbocycles. The van der Waals surface area contributed by atoms with Crippen molar-refractivity contribution in [3.63, 3.8) is 0 Å². The van der Waals surface area contributed by atoms with Crippen LogP contribution in [0.4, 0.5) is 0 Å². The van der Waals surface area contributed by atoms with Crippen LogP contribution in [0, 0.1) is 12.8 Å². The van der Waals surface area contributed by atoms with Gasteiger partial charge in [-0.1, -0.05) is 31.9 Å². The van der Waals surface area contributed by atoms with E-state index in [4.69, 9.17) is 4.74 Å². The maximum absolute atomic E-state index is 10.6. The van der Waals surface area contributed by atoms with Crippen molar-refractivity contribution in [3.05, 3.63) is 29.3 Å². The van der Waals surface area contributed by atoms with E-state index in [1.807, 2.05) is 32.0 Å². The van der Waals surface area contributed by atoms with E-state index < -0.39 is 5.60 Å². The first-order chi connectivity index (χ1) is 7.43. The summed E-state index contributed by atoms with van der Waals surface area (Å²) in [7, 11) is 1.64. The van der Waals surface area contributed by atoms with E-state index in [-0.39, 0.29) is 5.92 Å². The molecule has 90 valence electrons. The summed E-state index contributed by atoms with van der Waals surface area (Å²) in [6.07, 6.45) is 0.935. The second-order valence-electron chi connectivity index (χ2n) is 4.66. The minimum absolute atomic E-state index is 0.197. The van der Waals surface area contributed by atoms with Crippen LogP contribution in [-0.2, 0) is 5.60 Å². The van der Waals surface area contributed by atoms with Gasteiger partial charge in [-0.15, -0.1) is 0 Å². The molecule has 0 spiro atoms. The first kappa shape index (κ1) is 13.0. The van der Waals surface area contributed by atoms with Crippen molar-refractivity contribution < 1.29 is 9.84 Å². The summed E-state index contributed by atoms with van der Waals surface area (Å²) in [5, 5.41) is 10.6. The Morgan fingerprint density at radius 1 is 1.44 bits per heavy atom. The molecule has 0 aliphatic heterocycles. The van der Waals surface area contributed by atoms with Crippen LogP contribution in [0.3, 0.4) is 0 Å². The lowest BCUT2D eigenvalue weighted by atomic mass is 9.81. The van der Waals surface area contributed by atoms with Crippen molar-refractivity contribution in [2.45, 2.75) is 39.7 Å². The molecule has 0 saturated heterocycles. The standard InChI is InChI=1S/C14H22O2/c1-6-11(3)14(4,15)12-9-10(2)7-8-13(12)16-5/h7-9,11,15H,6H2,1-5H3. The number of ether oxygens (including phenoxy) is 1. The highest BCUT2D eigenvalue weighted by Gasteiger charge is 2.32. The highest BCUT2D eigenvalue weighted by Crippen LogP contribution is 2.37. The summed E-state index contributed by atoms with van der Waals surface area (Å²) in [4.78, 5) is 0. The van der Waals surface area contributed by atoms with E-state index >= 15 is 0 Å². The lowest BCUT2D eigenvalue weighted by Crippen LogP contribution is -2.30. The lowest BCUT2D eigenvalue weighted by Gasteiger charge is -2.31. The summed E-state index contributed by atoms with van der Waals surface area (Å²) >= 11 is 0. The van der Waals surface area contributed by atoms with Crippen LogP contribution < -0.4 is 4.74 Å². The van der Waals surface area contributed by atoms with Crippen molar-refractivity contribution in [3.8, 4) is 5.75 Å². The zero-order valence-corrected chi connectivity index (χ0v) is 10.9. The minimum Gasteiger partial charge on any atom is -0.496 e. The third-order valence-electron chi connectivity index (χ3n) is 3.47. The van der Waals surface area contributed by atoms with Gasteiger partial charge in [0.15, 0.2) is 0 Å². The molecule has 2 atom stereocenters. The molecule has 0 bridgehead atoms. The van der Waals surface area contributed by atoms with Gasteiger partial charge in [0.2, 0.25) is 0 Å². The molecule has 0 amide bonds. The fourth-order valence-corrected chi connectivity index (χ4v) is 1.88. The molecule has 2 unspecified atom stereocenters. The number of hydrogen-bond donors (Lipinski definition) is 1. The zero-order chi connectivity index (χ0) is 12.3. The van der Waals surface area contributed by atoms with E-state index in [0.717, 1.165) is 23.3 Å². The molecule has 0 aromatic heterocycles. The minimum atomic E-state index is -0.841. The molecule has 2 nitrogen and oxygen atoms in total. The molecule has 0 saturated carbocycles. The van der Waals surface area contributed by atoms with Crippen LogP contribution in [0.5, 0.6) is 5.75 Å². The number of rotatable bonds is 4. The third kappa shape index (κ3) is 2.38. The molecule has 1 aromatic carbocycles. The van der Waals surface area contributed by atoms with Gasteiger partial charge in [-0.25, -0.2) is 0 Å². The lowest BCUT2D eigenvalue weighted by molar-refractivity contribution is -0.00201. The predicted octanol–water partition coefficient (Wildman–Crippen LogP) is 3.26. The maximum Gasteiger partial charge on any atom is 0.124 e. The number of methoxy groups -OCH3 is 1. The molecule has 1 aromatic rings. The largest absolute Gasteiger partial charge is 0.496 e. The van der Waals surface area contributed by atoms with Gasteiger partial charge in [-0.05, 0) is 31.9 Å². The fourth-order valence-electron chi connectivity index (χ4n) is 1.88. The average Bonchev–Trinajstić information content (AvgIpc) is 2.27. The van der Waals surface area contributed by atoms with E-state index in [2.05, 4.69) is 13.8 Å². The van der Waals surface area contributed by atoms with Crippen LogP contribution >= 0.6 is 0 Å². The second-order valence-corrected chi connectivity index (χ2v) is 4.66. The molecule has 1 rings (SSSR count). The normalized spacial score (nSPS) is 16.6. The average molecular weight is 222 g/mol. The Balaban J connectivity index is 3.24. The maximum atomic E-state index is 10.6. The highest BCUT2D eigenvalue weighted by atomic mass is 16.5. The number of aryl methyl sites for hydroxylation is 1. The molecular formula is C14H22O2. The zero-order valence-electron chi connectivity index (χ0n) is 10.9. The first-order valence-electron chi connectivity index (χ1n) is 5.81. The van der Waals surface area contributed by atoms with Crippen molar-refractivity contribution in [2.75, 3.05) is 7.11 Å². The number of aliphatic hydroxyl groups is 1. The Hall–Kier alpha value is -1.02. The summed E-state index contributed by atoms with van der Waals surface area (Å²) in [6.45, 7) is 8.03. The molecular weight excluding hydrogens is 200 g/mol. The Morgan fingerprint density at radius 2 is 2.06 bits per heavy atom. The monoisotopic (exact) mass is 222 g/mol. The Morgan fingerprint density at radius 3 is 2.56 bits per heavy atom. The van der Waals surface area contributed by atoms with Gasteiger partial charge >= 0.3 is 0 Å². The van der Waals surface area contributed by atoms with E-state index in [9.17, 15) is 5.11 Å². The van der Waals surface area contributed by atoms with Gasteiger partial charge in [-0.3, -0.25) is 0 Å². The molecule has 2 heteroatoms. The number of benzene rings is 1. The SMILES string of the molecule is CCC(C)C(C)(O)c1cc(C)ccc1OC. The van der Waals surface area contributed by atoms with Crippen LogP contribution in [0.1, 0.15) is 38.3 Å². The fraction of sp³-hybridized carbons (Fsp3) is 0.571. The van der Waals surface area contributed by atoms with Gasteiger partial charge < -0.3 is 9.84 Å². The first-order valence-corrected chi connectivity index (χ1v) is 5.81. The van der Waals surface area contributed by atoms with Gasteiger partial charge in [0.1, 0.15) is 5.75 Å². The van der Waals surface area contributed by atoms with Gasteiger partial charge in [-0.2, -0.15) is 0 Å². The van der Waals surface area contributed by atoms with Gasteiger partial charge in [0, 0.05) is 5.56 Å². The molecule has 0 radical (unpaired) electrons. The number of hydrogen-bond acceptors (Lipinski definition) is 2. The topological polar surface area (TPSA) is 29.5 Å². The van der Waals surface area contributed by atoms with Gasteiger partial charge in [0.25, 0.3) is 0 Å². The molecule has 16 heavy (non-hydrogen) atoms. The third-order valence-corrected chi connectivity index (χ3v) is 3.47. The van der Waals surface area contributed by atoms with Crippen LogP contribution in [0.25, 0.3) is 0 Å². The molecule has 0 fully saturated rings. The molecule has 0 heterocycles. The summed E-state index contributed by atoms with van der Waals surface area (Å²) in [5.41, 5.74) is 1.18. The van der Waals surface area contributed by atoms with E-state index in [1.54, 1.807) is 7.11 Å². The second kappa shape index (κ2) is 4.88. The highest BCUT2D eigenvalue weighted by molar-refractivity contribution is 5.40. The van der Waals surface area contributed by atoms with Crippen molar-refractivity contribution in [2.24, 2.45) is 5.92 Å². The van der Waals surface area contributed by atoms with Crippen LogP contribution in [0.2, 0.25) is 0 Å². The van der Waals surface area contributed by atoms with E-state index in [0.29, 0.717) is 0 Å². The Labute approximate surface area is 98.3 Å². The Kier molecular flexibility index (Phi) is 3.98. The predicted molar refractivity (Wildman–Crippen MR) is 66.8 cm³/mol. The van der Waals surface area contributed by atoms with Crippen LogP contribution in [-0.4, -0.2) is 12.2 Å². The van der Waals surface area contributed by atoms with Crippen molar-refractivity contribution >= 4 is 0 Å². The summed E-state index contributed by atoms with van der Waals surface area (Å²) in [5.74, 6) is 0.958. The molecule has 1 N–H and O–H groups in total. The smallest absolute Gasteiger partial charge is 0.124 e.